The molecule has 0 saturated heterocycles. The first-order valence-corrected chi connectivity index (χ1v) is 4.98. The number of hydrogen-bond acceptors (Lipinski definition) is 3. The number of rotatable bonds is 7. The number of carbonyl (C=O) groups excluding carboxylic acids is 1. The van der Waals surface area contributed by atoms with E-state index in [0.29, 0.717) is 13.0 Å². The summed E-state index contributed by atoms with van der Waals surface area (Å²) in [5.41, 5.74) is 0. The zero-order valence-electron chi connectivity index (χ0n) is 9.32. The molecule has 0 aromatic rings. The van der Waals surface area contributed by atoms with Crippen molar-refractivity contribution in [1.29, 1.82) is 0 Å². The lowest BCUT2D eigenvalue weighted by molar-refractivity contribution is -0.143. The van der Waals surface area contributed by atoms with Crippen molar-refractivity contribution in [3.8, 4) is 0 Å². The van der Waals surface area contributed by atoms with Gasteiger partial charge in [-0.15, -0.1) is 0 Å². The van der Waals surface area contributed by atoms with Crippen molar-refractivity contribution in [2.24, 2.45) is 4.99 Å². The summed E-state index contributed by atoms with van der Waals surface area (Å²) in [6.45, 7) is 3.06. The Morgan fingerprint density at radius 3 is 2.71 bits per heavy atom. The summed E-state index contributed by atoms with van der Waals surface area (Å²) in [5, 5.41) is 0. The van der Waals surface area contributed by atoms with E-state index in [1.807, 2.05) is 25.9 Å². The molecule has 0 spiro atoms. The second-order valence-electron chi connectivity index (χ2n) is 3.25. The minimum Gasteiger partial charge on any atom is -0.466 e. The second kappa shape index (κ2) is 8.53. The largest absolute Gasteiger partial charge is 0.466 e. The summed E-state index contributed by atoms with van der Waals surface area (Å²) >= 11 is 0. The lowest BCUT2D eigenvalue weighted by Gasteiger charge is -2.02. The van der Waals surface area contributed by atoms with E-state index in [1.165, 1.54) is 0 Å². The molecular formula is C10H20N2O2. The highest BCUT2D eigenvalue weighted by atomic mass is 16.5. The minimum absolute atomic E-state index is 0.107. The molecular weight excluding hydrogens is 180 g/mol. The average molecular weight is 200 g/mol. The summed E-state index contributed by atoms with van der Waals surface area (Å²) in [4.78, 5) is 17.0. The van der Waals surface area contributed by atoms with E-state index in [4.69, 9.17) is 4.74 Å². The first-order chi connectivity index (χ1) is 6.66. The van der Waals surface area contributed by atoms with Crippen LogP contribution in [0, 0.1) is 0 Å². The summed E-state index contributed by atoms with van der Waals surface area (Å²) in [5.74, 6) is -0.107. The fourth-order valence-electron chi connectivity index (χ4n) is 0.927. The third-order valence-electron chi connectivity index (χ3n) is 1.54. The van der Waals surface area contributed by atoms with Crippen molar-refractivity contribution in [1.82, 2.24) is 4.90 Å². The Morgan fingerprint density at radius 2 is 2.14 bits per heavy atom. The van der Waals surface area contributed by atoms with Crippen LogP contribution in [-0.4, -0.2) is 44.5 Å². The van der Waals surface area contributed by atoms with Gasteiger partial charge in [0, 0.05) is 27.1 Å². The predicted octanol–water partition coefficient (Wildman–Crippen LogP) is 1.31. The quantitative estimate of drug-likeness (QED) is 0.269. The molecule has 4 heteroatoms. The third kappa shape index (κ3) is 9.03. The Labute approximate surface area is 86.0 Å². The zero-order chi connectivity index (χ0) is 10.8. The average Bonchev–Trinajstić information content (AvgIpc) is 2.11. The van der Waals surface area contributed by atoms with E-state index in [2.05, 4.69) is 4.99 Å². The molecule has 0 aliphatic rings. The molecule has 0 fully saturated rings. The molecule has 0 rings (SSSR count). The van der Waals surface area contributed by atoms with Crippen molar-refractivity contribution in [3.63, 3.8) is 0 Å². The summed E-state index contributed by atoms with van der Waals surface area (Å²) in [6, 6.07) is 0. The fraction of sp³-hybridized carbons (Fsp3) is 0.800. The van der Waals surface area contributed by atoms with Crippen LogP contribution in [0.2, 0.25) is 0 Å². The maximum Gasteiger partial charge on any atom is 0.305 e. The summed E-state index contributed by atoms with van der Waals surface area (Å²) in [6.07, 6.45) is 4.07. The molecule has 0 saturated carbocycles. The molecule has 0 bridgehead atoms. The standard InChI is InChI=1S/C10H20N2O2/c1-4-14-10(13)7-5-6-8-11-9-12(2)3/h9H,4-8H2,1-3H3. The van der Waals surface area contributed by atoms with Gasteiger partial charge < -0.3 is 9.64 Å². The van der Waals surface area contributed by atoms with Crippen molar-refractivity contribution in [3.05, 3.63) is 0 Å². The Kier molecular flexibility index (Phi) is 7.89. The molecule has 0 aromatic carbocycles. The van der Waals surface area contributed by atoms with Crippen LogP contribution in [-0.2, 0) is 9.53 Å². The molecule has 0 heterocycles. The molecule has 0 N–H and O–H groups in total. The predicted molar refractivity (Wildman–Crippen MR) is 57.5 cm³/mol. The highest BCUT2D eigenvalue weighted by Crippen LogP contribution is 1.97. The van der Waals surface area contributed by atoms with Crippen LogP contribution in [0.5, 0.6) is 0 Å². The normalized spacial score (nSPS) is 10.5. The Hall–Kier alpha value is -1.06. The molecule has 0 aliphatic heterocycles. The van der Waals surface area contributed by atoms with Crippen molar-refractivity contribution >= 4 is 12.3 Å². The third-order valence-corrected chi connectivity index (χ3v) is 1.54. The van der Waals surface area contributed by atoms with Gasteiger partial charge in [-0.25, -0.2) is 0 Å². The van der Waals surface area contributed by atoms with Crippen LogP contribution >= 0.6 is 0 Å². The van der Waals surface area contributed by atoms with E-state index in [0.717, 1.165) is 19.4 Å². The van der Waals surface area contributed by atoms with Crippen LogP contribution in [0.25, 0.3) is 0 Å². The first kappa shape index (κ1) is 12.9. The molecule has 0 amide bonds. The molecule has 14 heavy (non-hydrogen) atoms. The van der Waals surface area contributed by atoms with Gasteiger partial charge in [0.1, 0.15) is 0 Å². The van der Waals surface area contributed by atoms with Crippen LogP contribution in [0.4, 0.5) is 0 Å². The second-order valence-corrected chi connectivity index (χ2v) is 3.25. The van der Waals surface area contributed by atoms with E-state index < -0.39 is 0 Å². The Bertz CT molecular complexity index is 179. The number of hydrogen-bond donors (Lipinski definition) is 0. The number of carbonyl (C=O) groups is 1. The molecule has 0 aromatic heterocycles. The van der Waals surface area contributed by atoms with Gasteiger partial charge >= 0.3 is 5.97 Å². The zero-order valence-corrected chi connectivity index (χ0v) is 9.32. The van der Waals surface area contributed by atoms with Gasteiger partial charge in [-0.3, -0.25) is 9.79 Å². The molecule has 4 nitrogen and oxygen atoms in total. The van der Waals surface area contributed by atoms with Crippen LogP contribution < -0.4 is 0 Å². The number of nitrogens with zero attached hydrogens (tertiary/aromatic N) is 2. The molecule has 0 aliphatic carbocycles. The maximum absolute atomic E-state index is 10.9. The number of aliphatic imine (C=N–C) groups is 1. The van der Waals surface area contributed by atoms with Gasteiger partial charge in [0.15, 0.2) is 0 Å². The van der Waals surface area contributed by atoms with Gasteiger partial charge in [-0.05, 0) is 19.8 Å². The minimum atomic E-state index is -0.107. The van der Waals surface area contributed by atoms with E-state index in [1.54, 1.807) is 6.34 Å². The van der Waals surface area contributed by atoms with E-state index >= 15 is 0 Å². The van der Waals surface area contributed by atoms with Crippen LogP contribution in [0.1, 0.15) is 26.2 Å². The summed E-state index contributed by atoms with van der Waals surface area (Å²) < 4.78 is 4.80. The highest BCUT2D eigenvalue weighted by Gasteiger charge is 1.99. The SMILES string of the molecule is CCOC(=O)CCCCN=CN(C)C. The maximum atomic E-state index is 10.9. The van der Waals surface area contributed by atoms with Crippen LogP contribution in [0.3, 0.4) is 0 Å². The first-order valence-electron chi connectivity index (χ1n) is 4.98. The monoisotopic (exact) mass is 200 g/mol. The summed E-state index contributed by atoms with van der Waals surface area (Å²) in [7, 11) is 3.87. The smallest absolute Gasteiger partial charge is 0.305 e. The molecule has 82 valence electrons. The van der Waals surface area contributed by atoms with E-state index in [9.17, 15) is 4.79 Å². The van der Waals surface area contributed by atoms with E-state index in [-0.39, 0.29) is 5.97 Å². The van der Waals surface area contributed by atoms with Crippen molar-refractivity contribution in [2.45, 2.75) is 26.2 Å². The fourth-order valence-corrected chi connectivity index (χ4v) is 0.927. The van der Waals surface area contributed by atoms with Gasteiger partial charge in [0.25, 0.3) is 0 Å². The van der Waals surface area contributed by atoms with Gasteiger partial charge in [-0.1, -0.05) is 0 Å². The number of ether oxygens (including phenoxy) is 1. The Balaban J connectivity index is 3.25. The van der Waals surface area contributed by atoms with Crippen molar-refractivity contribution in [2.75, 3.05) is 27.2 Å². The topological polar surface area (TPSA) is 41.9 Å². The lowest BCUT2D eigenvalue weighted by Crippen LogP contribution is -2.08. The highest BCUT2D eigenvalue weighted by molar-refractivity contribution is 5.69. The lowest BCUT2D eigenvalue weighted by atomic mass is 10.2. The molecule has 0 radical (unpaired) electrons. The van der Waals surface area contributed by atoms with Gasteiger partial charge in [0.2, 0.25) is 0 Å². The van der Waals surface area contributed by atoms with Crippen molar-refractivity contribution < 1.29 is 9.53 Å². The molecule has 0 unspecified atom stereocenters. The molecule has 0 atom stereocenters. The van der Waals surface area contributed by atoms with Crippen LogP contribution in [0.15, 0.2) is 4.99 Å². The Morgan fingerprint density at radius 1 is 1.43 bits per heavy atom. The number of unbranched alkanes of at least 4 members (excludes halogenated alkanes) is 1. The number of esters is 1. The van der Waals surface area contributed by atoms with Gasteiger partial charge in [0.05, 0.1) is 12.9 Å². The van der Waals surface area contributed by atoms with Gasteiger partial charge in [-0.2, -0.15) is 0 Å².